The highest BCUT2D eigenvalue weighted by molar-refractivity contribution is 7.89. The molecule has 1 atom stereocenters. The fourth-order valence-corrected chi connectivity index (χ4v) is 7.64. The molecule has 166 valence electrons. The van der Waals surface area contributed by atoms with Crippen molar-refractivity contribution in [3.8, 4) is 0 Å². The van der Waals surface area contributed by atoms with E-state index in [-0.39, 0.29) is 30.0 Å². The van der Waals surface area contributed by atoms with Gasteiger partial charge in [-0.1, -0.05) is 6.08 Å². The Kier molecular flexibility index (Phi) is 7.88. The molecule has 0 aliphatic carbocycles. The van der Waals surface area contributed by atoms with E-state index >= 15 is 0 Å². The van der Waals surface area contributed by atoms with Crippen molar-refractivity contribution < 1.29 is 32.1 Å². The van der Waals surface area contributed by atoms with Crippen LogP contribution in [0.2, 0.25) is 6.55 Å². The lowest BCUT2D eigenvalue weighted by Gasteiger charge is -2.29. The summed E-state index contributed by atoms with van der Waals surface area (Å²) in [5, 5.41) is 21.3. The van der Waals surface area contributed by atoms with Gasteiger partial charge in [0.25, 0.3) is 5.69 Å². The summed E-state index contributed by atoms with van der Waals surface area (Å²) < 4.78 is 39.0. The van der Waals surface area contributed by atoms with Crippen LogP contribution in [0.4, 0.5) is 5.69 Å². The van der Waals surface area contributed by atoms with Gasteiger partial charge < -0.3 is 14.0 Å². The molecule has 1 N–H and O–H groups in total. The summed E-state index contributed by atoms with van der Waals surface area (Å²) in [7, 11) is -6.95. The van der Waals surface area contributed by atoms with Crippen molar-refractivity contribution in [3.63, 3.8) is 0 Å². The van der Waals surface area contributed by atoms with E-state index in [1.807, 2.05) is 20.4 Å². The van der Waals surface area contributed by atoms with Gasteiger partial charge in [0, 0.05) is 31.9 Å². The number of carboxylic acid groups (broad SMARTS) is 1. The Bertz CT molecular complexity index is 911. The lowest BCUT2D eigenvalue weighted by atomic mass is 10.2. The number of nitro benzene ring substituents is 1. The Labute approximate surface area is 176 Å². The first-order chi connectivity index (χ1) is 14.1. The minimum absolute atomic E-state index is 0.0282. The maximum absolute atomic E-state index is 13.2. The summed E-state index contributed by atoms with van der Waals surface area (Å²) in [5.74, 6) is -1.27. The Hall–Kier alpha value is -2.12. The topological polar surface area (TPSA) is 136 Å². The van der Waals surface area contributed by atoms with Crippen LogP contribution in [-0.4, -0.2) is 63.1 Å². The van der Waals surface area contributed by atoms with E-state index in [4.69, 9.17) is 8.85 Å². The number of rotatable bonds is 9. The predicted molar refractivity (Wildman–Crippen MR) is 111 cm³/mol. The van der Waals surface area contributed by atoms with E-state index in [1.54, 1.807) is 6.08 Å². The molecule has 30 heavy (non-hydrogen) atoms. The molecule has 1 aliphatic heterocycles. The van der Waals surface area contributed by atoms with Crippen molar-refractivity contribution >= 4 is 30.2 Å². The van der Waals surface area contributed by atoms with Gasteiger partial charge in [0.1, 0.15) is 6.04 Å². The van der Waals surface area contributed by atoms with E-state index in [0.29, 0.717) is 13.2 Å². The number of hydrogen-bond donors (Lipinski definition) is 1. The first kappa shape index (κ1) is 24.1. The van der Waals surface area contributed by atoms with Crippen LogP contribution in [0.3, 0.4) is 0 Å². The molecule has 0 bridgehead atoms. The quantitative estimate of drug-likeness (QED) is 0.338. The molecule has 1 heterocycles. The lowest BCUT2D eigenvalue weighted by molar-refractivity contribution is -0.384. The van der Waals surface area contributed by atoms with Gasteiger partial charge in [0.05, 0.1) is 9.82 Å². The zero-order chi connectivity index (χ0) is 22.5. The molecule has 1 aliphatic rings. The highest BCUT2D eigenvalue weighted by atomic mass is 32.2. The number of hydrogen-bond acceptors (Lipinski definition) is 7. The van der Waals surface area contributed by atoms with Crippen molar-refractivity contribution in [3.05, 3.63) is 45.7 Å². The summed E-state index contributed by atoms with van der Waals surface area (Å²) in [6.07, 6.45) is 1.97. The summed E-state index contributed by atoms with van der Waals surface area (Å²) in [4.78, 5) is 21.9. The van der Waals surface area contributed by atoms with Crippen LogP contribution in [-0.2, 0) is 23.7 Å². The monoisotopic (exact) mass is 458 g/mol. The molecule has 0 aromatic heterocycles. The molecule has 0 radical (unpaired) electrons. The van der Waals surface area contributed by atoms with Gasteiger partial charge in [0.2, 0.25) is 10.0 Å². The lowest BCUT2D eigenvalue weighted by Crippen LogP contribution is -2.45. The van der Waals surface area contributed by atoms with Crippen LogP contribution < -0.4 is 0 Å². The SMILES string of the molecule is CCO[Si](C)(OCC)C1=CCC(C(=O)O)N(S(=O)(=O)c2ccc([N+](=O)[O-])cc2)CC1. The maximum Gasteiger partial charge on any atom is 0.364 e. The smallest absolute Gasteiger partial charge is 0.364 e. The van der Waals surface area contributed by atoms with E-state index in [1.165, 1.54) is 0 Å². The van der Waals surface area contributed by atoms with Crippen molar-refractivity contribution in [2.45, 2.75) is 44.2 Å². The number of carbonyl (C=O) groups is 1. The van der Waals surface area contributed by atoms with Gasteiger partial charge in [-0.3, -0.25) is 14.9 Å². The standard InChI is InChI=1S/C18H26N2O8SSi/c1-4-27-30(3,28-5-2)16-10-11-17(18(21)22)19(13-12-16)29(25,26)15-8-6-14(7-9-15)20(23)24/h6-10,17H,4-5,11-13H2,1-3H3,(H,21,22). The molecule has 0 saturated heterocycles. The van der Waals surface area contributed by atoms with Gasteiger partial charge in [-0.05, 0) is 50.6 Å². The van der Waals surface area contributed by atoms with Crippen molar-refractivity contribution in [1.29, 1.82) is 0 Å². The van der Waals surface area contributed by atoms with Crippen LogP contribution >= 0.6 is 0 Å². The largest absolute Gasteiger partial charge is 0.480 e. The third-order valence-electron chi connectivity index (χ3n) is 4.90. The van der Waals surface area contributed by atoms with Gasteiger partial charge >= 0.3 is 14.5 Å². The van der Waals surface area contributed by atoms with Crippen LogP contribution in [0.1, 0.15) is 26.7 Å². The predicted octanol–water partition coefficient (Wildman–Crippen LogP) is 2.44. The number of nitro groups is 1. The Morgan fingerprint density at radius 1 is 1.27 bits per heavy atom. The fraction of sp³-hybridized carbons (Fsp3) is 0.500. The second-order valence-electron chi connectivity index (χ2n) is 6.75. The average molecular weight is 459 g/mol. The van der Waals surface area contributed by atoms with Gasteiger partial charge in [-0.25, -0.2) is 8.42 Å². The minimum atomic E-state index is -4.19. The zero-order valence-electron chi connectivity index (χ0n) is 17.1. The molecule has 0 amide bonds. The zero-order valence-corrected chi connectivity index (χ0v) is 18.9. The number of nitrogens with zero attached hydrogens (tertiary/aromatic N) is 2. The number of sulfonamides is 1. The molecule has 1 aromatic carbocycles. The second-order valence-corrected chi connectivity index (χ2v) is 11.7. The Morgan fingerprint density at radius 2 is 1.83 bits per heavy atom. The molecule has 0 fully saturated rings. The molecule has 2 rings (SSSR count). The first-order valence-electron chi connectivity index (χ1n) is 9.53. The second kappa shape index (κ2) is 9.79. The van der Waals surface area contributed by atoms with Crippen molar-refractivity contribution in [2.24, 2.45) is 0 Å². The molecule has 12 heteroatoms. The summed E-state index contributed by atoms with van der Waals surface area (Å²) in [6, 6.07) is 3.09. The molecule has 1 aromatic rings. The summed E-state index contributed by atoms with van der Waals surface area (Å²) >= 11 is 0. The maximum atomic E-state index is 13.2. The first-order valence-corrected chi connectivity index (χ1v) is 13.3. The van der Waals surface area contributed by atoms with E-state index in [0.717, 1.165) is 33.8 Å². The van der Waals surface area contributed by atoms with E-state index < -0.39 is 35.5 Å². The van der Waals surface area contributed by atoms with Gasteiger partial charge in [0.15, 0.2) is 0 Å². The Morgan fingerprint density at radius 3 is 2.30 bits per heavy atom. The van der Waals surface area contributed by atoms with Crippen LogP contribution in [0.5, 0.6) is 0 Å². The average Bonchev–Trinajstić information content (AvgIpc) is 2.92. The normalized spacial score (nSPS) is 18.5. The van der Waals surface area contributed by atoms with Crippen molar-refractivity contribution in [1.82, 2.24) is 4.31 Å². The van der Waals surface area contributed by atoms with Crippen LogP contribution in [0, 0.1) is 10.1 Å². The van der Waals surface area contributed by atoms with Crippen LogP contribution in [0.15, 0.2) is 40.4 Å². The third-order valence-corrected chi connectivity index (χ3v) is 10.1. The number of non-ortho nitro benzene ring substituents is 1. The number of aliphatic carboxylic acids is 1. The number of carboxylic acids is 1. The molecule has 0 spiro atoms. The molecule has 10 nitrogen and oxygen atoms in total. The molecule has 0 saturated carbocycles. The third kappa shape index (κ3) is 5.13. The Balaban J connectivity index is 2.39. The van der Waals surface area contributed by atoms with Gasteiger partial charge in [-0.15, -0.1) is 0 Å². The highest BCUT2D eigenvalue weighted by Gasteiger charge is 2.42. The highest BCUT2D eigenvalue weighted by Crippen LogP contribution is 2.30. The minimum Gasteiger partial charge on any atom is -0.480 e. The van der Waals surface area contributed by atoms with E-state index in [2.05, 4.69) is 0 Å². The van der Waals surface area contributed by atoms with Crippen LogP contribution in [0.25, 0.3) is 0 Å². The molecule has 1 unspecified atom stereocenters. The number of benzene rings is 1. The van der Waals surface area contributed by atoms with Crippen molar-refractivity contribution in [2.75, 3.05) is 19.8 Å². The fourth-order valence-electron chi connectivity index (χ4n) is 3.44. The molecular weight excluding hydrogens is 432 g/mol. The summed E-state index contributed by atoms with van der Waals surface area (Å²) in [5.41, 5.74) is -0.251. The molecular formula is C18H26N2O8SSi. The summed E-state index contributed by atoms with van der Waals surface area (Å²) in [6.45, 7) is 6.33. The van der Waals surface area contributed by atoms with Gasteiger partial charge in [-0.2, -0.15) is 4.31 Å². The van der Waals surface area contributed by atoms with E-state index in [9.17, 15) is 28.4 Å².